The lowest BCUT2D eigenvalue weighted by atomic mass is 10.2. The molecule has 1 aromatic rings. The van der Waals surface area contributed by atoms with Crippen LogP contribution < -0.4 is 10.1 Å². The van der Waals surface area contributed by atoms with Crippen LogP contribution in [0.3, 0.4) is 0 Å². The Labute approximate surface area is 118 Å². The van der Waals surface area contributed by atoms with E-state index in [1.54, 1.807) is 0 Å². The minimum atomic E-state index is 0.841. The second-order valence-electron chi connectivity index (χ2n) is 4.99. The molecule has 2 nitrogen and oxygen atoms in total. The Bertz CT molecular complexity index is 377. The number of benzene rings is 1. The Morgan fingerprint density at radius 1 is 1.39 bits per heavy atom. The highest BCUT2D eigenvalue weighted by Gasteiger charge is 2.21. The summed E-state index contributed by atoms with van der Waals surface area (Å²) in [6.07, 6.45) is 5.14. The Balaban J connectivity index is 1.91. The molecular formula is C15H22BrNO. The van der Waals surface area contributed by atoms with Crippen molar-refractivity contribution in [2.75, 3.05) is 13.2 Å². The smallest absolute Gasteiger partial charge is 0.137 e. The lowest BCUT2D eigenvalue weighted by molar-refractivity contribution is 0.297. The number of para-hydroxylation sites is 1. The molecule has 1 N–H and O–H groups in total. The average molecular weight is 312 g/mol. The highest BCUT2D eigenvalue weighted by Crippen LogP contribution is 2.34. The van der Waals surface area contributed by atoms with Gasteiger partial charge in [0.1, 0.15) is 5.75 Å². The zero-order valence-corrected chi connectivity index (χ0v) is 12.6. The molecule has 0 unspecified atom stereocenters. The second kappa shape index (κ2) is 7.15. The van der Waals surface area contributed by atoms with Crippen molar-refractivity contribution < 1.29 is 4.74 Å². The van der Waals surface area contributed by atoms with Gasteiger partial charge in [0.25, 0.3) is 0 Å². The molecule has 100 valence electrons. The molecule has 2 rings (SSSR count). The molecule has 1 saturated carbocycles. The van der Waals surface area contributed by atoms with E-state index in [4.69, 9.17) is 4.74 Å². The van der Waals surface area contributed by atoms with Crippen LogP contribution in [0.1, 0.15) is 38.2 Å². The molecule has 0 radical (unpaired) electrons. The van der Waals surface area contributed by atoms with Gasteiger partial charge in [-0.3, -0.25) is 0 Å². The van der Waals surface area contributed by atoms with Crippen molar-refractivity contribution in [3.8, 4) is 5.75 Å². The summed E-state index contributed by atoms with van der Waals surface area (Å²) in [5, 5.41) is 3.43. The summed E-state index contributed by atoms with van der Waals surface area (Å²) in [6.45, 7) is 4.95. The Hall–Kier alpha value is -0.540. The first-order valence-corrected chi connectivity index (χ1v) is 7.71. The maximum Gasteiger partial charge on any atom is 0.137 e. The molecule has 1 aliphatic carbocycles. The lowest BCUT2D eigenvalue weighted by Crippen LogP contribution is -2.15. The van der Waals surface area contributed by atoms with Crippen molar-refractivity contribution in [1.29, 1.82) is 0 Å². The van der Waals surface area contributed by atoms with E-state index in [9.17, 15) is 0 Å². The average Bonchev–Trinajstić information content (AvgIpc) is 3.17. The molecule has 0 aliphatic heterocycles. The van der Waals surface area contributed by atoms with E-state index < -0.39 is 0 Å². The maximum absolute atomic E-state index is 5.96. The molecular weight excluding hydrogens is 290 g/mol. The van der Waals surface area contributed by atoms with Crippen LogP contribution >= 0.6 is 15.9 Å². The van der Waals surface area contributed by atoms with E-state index in [0.717, 1.165) is 42.3 Å². The summed E-state index contributed by atoms with van der Waals surface area (Å²) in [5.41, 5.74) is 1.24. The standard InChI is InChI=1S/C15H22BrNO/c1-2-9-17-11-13-4-3-5-14(16)15(13)18-10-8-12-6-7-12/h3-5,12,17H,2,6-11H2,1H3. The van der Waals surface area contributed by atoms with Crippen LogP contribution in [0.2, 0.25) is 0 Å². The minimum Gasteiger partial charge on any atom is -0.492 e. The third-order valence-electron chi connectivity index (χ3n) is 3.26. The normalized spacial score (nSPS) is 14.8. The maximum atomic E-state index is 5.96. The van der Waals surface area contributed by atoms with E-state index >= 15 is 0 Å². The van der Waals surface area contributed by atoms with E-state index in [-0.39, 0.29) is 0 Å². The summed E-state index contributed by atoms with van der Waals surface area (Å²) >= 11 is 3.59. The summed E-state index contributed by atoms with van der Waals surface area (Å²) in [7, 11) is 0. The van der Waals surface area contributed by atoms with Crippen molar-refractivity contribution >= 4 is 15.9 Å². The second-order valence-corrected chi connectivity index (χ2v) is 5.84. The predicted octanol–water partition coefficient (Wildman–Crippen LogP) is 4.13. The number of ether oxygens (including phenoxy) is 1. The van der Waals surface area contributed by atoms with Gasteiger partial charge in [-0.1, -0.05) is 31.9 Å². The van der Waals surface area contributed by atoms with Crippen LogP contribution in [0.5, 0.6) is 5.75 Å². The van der Waals surface area contributed by atoms with Crippen molar-refractivity contribution in [3.63, 3.8) is 0 Å². The summed E-state index contributed by atoms with van der Waals surface area (Å²) in [5.74, 6) is 1.94. The van der Waals surface area contributed by atoms with Gasteiger partial charge in [-0.25, -0.2) is 0 Å². The van der Waals surface area contributed by atoms with Gasteiger partial charge in [0, 0.05) is 12.1 Å². The van der Waals surface area contributed by atoms with Crippen molar-refractivity contribution in [1.82, 2.24) is 5.32 Å². The third-order valence-corrected chi connectivity index (χ3v) is 3.88. The molecule has 0 amide bonds. The molecule has 0 bridgehead atoms. The van der Waals surface area contributed by atoms with Crippen molar-refractivity contribution in [3.05, 3.63) is 28.2 Å². The van der Waals surface area contributed by atoms with Crippen LogP contribution in [-0.2, 0) is 6.54 Å². The first-order chi connectivity index (χ1) is 8.81. The van der Waals surface area contributed by atoms with E-state index in [0.29, 0.717) is 0 Å². The summed E-state index contributed by atoms with van der Waals surface area (Å²) < 4.78 is 7.03. The minimum absolute atomic E-state index is 0.841. The Kier molecular flexibility index (Phi) is 5.51. The molecule has 1 fully saturated rings. The highest BCUT2D eigenvalue weighted by molar-refractivity contribution is 9.10. The molecule has 18 heavy (non-hydrogen) atoms. The fourth-order valence-electron chi connectivity index (χ4n) is 1.99. The summed E-state index contributed by atoms with van der Waals surface area (Å²) in [4.78, 5) is 0. The monoisotopic (exact) mass is 311 g/mol. The van der Waals surface area contributed by atoms with Gasteiger partial charge in [0.2, 0.25) is 0 Å². The molecule has 1 aliphatic rings. The number of halogens is 1. The molecule has 0 heterocycles. The topological polar surface area (TPSA) is 21.3 Å². The fourth-order valence-corrected chi connectivity index (χ4v) is 2.51. The van der Waals surface area contributed by atoms with Crippen LogP contribution in [0.15, 0.2) is 22.7 Å². The van der Waals surface area contributed by atoms with E-state index in [1.807, 2.05) is 0 Å². The van der Waals surface area contributed by atoms with Gasteiger partial charge in [-0.2, -0.15) is 0 Å². The summed E-state index contributed by atoms with van der Waals surface area (Å²) in [6, 6.07) is 6.26. The molecule has 1 aromatic carbocycles. The molecule has 0 atom stereocenters. The van der Waals surface area contributed by atoms with Gasteiger partial charge in [-0.15, -0.1) is 0 Å². The number of hydrogen-bond donors (Lipinski definition) is 1. The predicted molar refractivity (Wildman–Crippen MR) is 79.0 cm³/mol. The van der Waals surface area contributed by atoms with Crippen LogP contribution in [-0.4, -0.2) is 13.2 Å². The zero-order chi connectivity index (χ0) is 12.8. The van der Waals surface area contributed by atoms with Gasteiger partial charge >= 0.3 is 0 Å². The van der Waals surface area contributed by atoms with Gasteiger partial charge in [-0.05, 0) is 47.3 Å². The zero-order valence-electron chi connectivity index (χ0n) is 11.0. The molecule has 0 spiro atoms. The van der Waals surface area contributed by atoms with Crippen LogP contribution in [0, 0.1) is 5.92 Å². The Morgan fingerprint density at radius 2 is 2.22 bits per heavy atom. The molecule has 0 aromatic heterocycles. The first kappa shape index (κ1) is 13.9. The largest absolute Gasteiger partial charge is 0.492 e. The number of hydrogen-bond acceptors (Lipinski definition) is 2. The van der Waals surface area contributed by atoms with Gasteiger partial charge in [0.15, 0.2) is 0 Å². The van der Waals surface area contributed by atoms with Gasteiger partial charge < -0.3 is 10.1 Å². The Morgan fingerprint density at radius 3 is 2.94 bits per heavy atom. The van der Waals surface area contributed by atoms with Crippen LogP contribution in [0.25, 0.3) is 0 Å². The van der Waals surface area contributed by atoms with Gasteiger partial charge in [0.05, 0.1) is 11.1 Å². The number of nitrogens with one attached hydrogen (secondary N) is 1. The molecule has 0 saturated heterocycles. The SMILES string of the molecule is CCCNCc1cccc(Br)c1OCCC1CC1. The fraction of sp³-hybridized carbons (Fsp3) is 0.600. The molecule has 3 heteroatoms. The highest BCUT2D eigenvalue weighted by atomic mass is 79.9. The van der Waals surface area contributed by atoms with E-state index in [2.05, 4.69) is 46.4 Å². The van der Waals surface area contributed by atoms with E-state index in [1.165, 1.54) is 24.8 Å². The van der Waals surface area contributed by atoms with Crippen LogP contribution in [0.4, 0.5) is 0 Å². The van der Waals surface area contributed by atoms with Crippen molar-refractivity contribution in [2.45, 2.75) is 39.2 Å². The quantitative estimate of drug-likeness (QED) is 0.729. The first-order valence-electron chi connectivity index (χ1n) is 6.92. The third kappa shape index (κ3) is 4.29. The van der Waals surface area contributed by atoms with Crippen molar-refractivity contribution in [2.24, 2.45) is 5.92 Å². The number of rotatable bonds is 8. The lowest BCUT2D eigenvalue weighted by Gasteiger charge is -2.13.